The molecule has 0 atom stereocenters. The van der Waals surface area contributed by atoms with Crippen molar-refractivity contribution in [2.24, 2.45) is 5.41 Å². The molecule has 0 saturated heterocycles. The lowest BCUT2D eigenvalue weighted by Gasteiger charge is -2.40. The second-order valence-corrected chi connectivity index (χ2v) is 10.3. The molecule has 0 aliphatic carbocycles. The number of aryl methyl sites for hydroxylation is 1. The van der Waals surface area contributed by atoms with Gasteiger partial charge in [0.1, 0.15) is 5.58 Å². The number of fused-ring (bicyclic) bond motifs is 5. The van der Waals surface area contributed by atoms with Crippen molar-refractivity contribution in [2.75, 3.05) is 0 Å². The summed E-state index contributed by atoms with van der Waals surface area (Å²) >= 11 is 1.76. The molecular weight excluding hydrogens is 384 g/mol. The van der Waals surface area contributed by atoms with Gasteiger partial charge in [-0.25, -0.2) is 0 Å². The van der Waals surface area contributed by atoms with Gasteiger partial charge in [0, 0.05) is 27.4 Å². The molecule has 2 nitrogen and oxygen atoms in total. The molecule has 0 fully saturated rings. The third-order valence-electron chi connectivity index (χ3n) is 6.03. The average Bonchev–Trinajstić information content (AvgIpc) is 3.26. The number of aromatic nitrogens is 1. The fraction of sp³-hybridized carbons (Fsp3) is 0.240. The Morgan fingerprint density at radius 3 is 2.47 bits per heavy atom. The molecular formula is C25H21B2NOS. The van der Waals surface area contributed by atoms with E-state index >= 15 is 0 Å². The summed E-state index contributed by atoms with van der Waals surface area (Å²) in [5.74, 6) is 0. The number of hydrogen-bond donors (Lipinski definition) is 0. The summed E-state index contributed by atoms with van der Waals surface area (Å²) in [6.45, 7) is 8.26. The lowest BCUT2D eigenvalue weighted by molar-refractivity contribution is 0.358. The van der Waals surface area contributed by atoms with Gasteiger partial charge in [-0.2, -0.15) is 0 Å². The molecule has 0 unspecified atom stereocenters. The van der Waals surface area contributed by atoms with Crippen LogP contribution in [0.15, 0.2) is 59.1 Å². The number of para-hydroxylation sites is 1. The van der Waals surface area contributed by atoms with Gasteiger partial charge in [0.25, 0.3) is 0 Å². The first-order valence-electron chi connectivity index (χ1n) is 10.1. The van der Waals surface area contributed by atoms with E-state index in [0.29, 0.717) is 0 Å². The molecule has 5 heteroatoms. The van der Waals surface area contributed by atoms with Gasteiger partial charge in [-0.1, -0.05) is 49.7 Å². The first kappa shape index (κ1) is 19.4. The Morgan fingerprint density at radius 1 is 0.933 bits per heavy atom. The monoisotopic (exact) mass is 405 g/mol. The van der Waals surface area contributed by atoms with Gasteiger partial charge >= 0.3 is 0 Å². The van der Waals surface area contributed by atoms with Crippen molar-refractivity contribution >= 4 is 59.1 Å². The number of pyridine rings is 1. The summed E-state index contributed by atoms with van der Waals surface area (Å²) < 4.78 is 7.65. The summed E-state index contributed by atoms with van der Waals surface area (Å²) in [6, 6.07) is 16.6. The molecule has 0 amide bonds. The van der Waals surface area contributed by atoms with Gasteiger partial charge < -0.3 is 4.42 Å². The summed E-state index contributed by atoms with van der Waals surface area (Å²) in [6.07, 6.45) is 1.77. The summed E-state index contributed by atoms with van der Waals surface area (Å²) in [4.78, 5) is 5.90. The van der Waals surface area contributed by atoms with Gasteiger partial charge in [-0.3, -0.25) is 4.98 Å². The minimum absolute atomic E-state index is 0.306. The van der Waals surface area contributed by atoms with Gasteiger partial charge in [0.05, 0.1) is 26.1 Å². The van der Waals surface area contributed by atoms with E-state index < -0.39 is 5.21 Å². The van der Waals surface area contributed by atoms with Crippen LogP contribution in [0.3, 0.4) is 0 Å². The molecule has 144 valence electrons. The van der Waals surface area contributed by atoms with Gasteiger partial charge in [-0.05, 0) is 48.1 Å². The predicted molar refractivity (Wildman–Crippen MR) is 130 cm³/mol. The van der Waals surface area contributed by atoms with E-state index in [1.54, 1.807) is 17.5 Å². The van der Waals surface area contributed by atoms with Crippen LogP contribution in [-0.2, 0) is 5.21 Å². The fourth-order valence-corrected chi connectivity index (χ4v) is 4.95. The molecule has 5 aromatic rings. The Morgan fingerprint density at radius 2 is 1.70 bits per heavy atom. The maximum Gasteiger partial charge on any atom is 0.153 e. The smallest absolute Gasteiger partial charge is 0.153 e. The standard InChI is InChI=1S/C25H21B2NOS/c1-14-12-15-8-9-18-17-6-5-7-19(21(17)29-22(18)23(15)30-14)20-13-16(10-11-28-20)25(26,27)24(2,3)4/h5-13H,1-4H3. The normalized spacial score (nSPS) is 12.9. The van der Waals surface area contributed by atoms with E-state index in [0.717, 1.165) is 38.8 Å². The third kappa shape index (κ3) is 2.83. The highest BCUT2D eigenvalue weighted by atomic mass is 32.1. The molecule has 0 bridgehead atoms. The maximum atomic E-state index is 6.53. The van der Waals surface area contributed by atoms with Crippen LogP contribution in [0.5, 0.6) is 0 Å². The van der Waals surface area contributed by atoms with E-state index in [9.17, 15) is 0 Å². The second-order valence-electron chi connectivity index (χ2n) is 9.05. The fourth-order valence-electron chi connectivity index (χ4n) is 3.95. The van der Waals surface area contributed by atoms with E-state index in [2.05, 4.69) is 36.2 Å². The Kier molecular flexibility index (Phi) is 4.20. The van der Waals surface area contributed by atoms with Crippen molar-refractivity contribution in [3.8, 4) is 11.3 Å². The van der Waals surface area contributed by atoms with Crippen molar-refractivity contribution < 1.29 is 4.42 Å². The van der Waals surface area contributed by atoms with Crippen molar-refractivity contribution in [2.45, 2.75) is 32.9 Å². The average molecular weight is 405 g/mol. The van der Waals surface area contributed by atoms with Gasteiger partial charge in [-0.15, -0.1) is 11.3 Å². The summed E-state index contributed by atoms with van der Waals surface area (Å²) in [7, 11) is 13.1. The number of nitrogens with zero attached hydrogens (tertiary/aromatic N) is 1. The van der Waals surface area contributed by atoms with Crippen LogP contribution in [0.4, 0.5) is 0 Å². The van der Waals surface area contributed by atoms with Crippen molar-refractivity contribution in [3.63, 3.8) is 0 Å². The van der Waals surface area contributed by atoms with Crippen LogP contribution in [-0.4, -0.2) is 20.7 Å². The second kappa shape index (κ2) is 6.49. The molecule has 5 rings (SSSR count). The molecule has 30 heavy (non-hydrogen) atoms. The van der Waals surface area contributed by atoms with Gasteiger partial charge in [0.2, 0.25) is 0 Å². The SMILES string of the molecule is [B]C([B])(c1ccnc(-c2cccc3c2oc2c3ccc3cc(C)sc32)c1)C(C)(C)C. The lowest BCUT2D eigenvalue weighted by atomic mass is 9.41. The zero-order valence-electron chi connectivity index (χ0n) is 17.6. The van der Waals surface area contributed by atoms with Crippen molar-refractivity contribution in [1.29, 1.82) is 0 Å². The maximum absolute atomic E-state index is 6.53. The topological polar surface area (TPSA) is 26.0 Å². The molecule has 3 heterocycles. The molecule has 0 saturated carbocycles. The Balaban J connectivity index is 1.76. The van der Waals surface area contributed by atoms with Crippen LogP contribution >= 0.6 is 11.3 Å². The zero-order valence-corrected chi connectivity index (χ0v) is 18.4. The van der Waals surface area contributed by atoms with Crippen LogP contribution in [0, 0.1) is 12.3 Å². The highest BCUT2D eigenvalue weighted by Gasteiger charge is 2.33. The number of rotatable bonds is 2. The molecule has 0 N–H and O–H groups in total. The van der Waals surface area contributed by atoms with Gasteiger partial charge in [0.15, 0.2) is 5.58 Å². The number of furan rings is 1. The molecule has 0 aliphatic rings. The number of hydrogen-bond acceptors (Lipinski definition) is 3. The molecule has 0 aliphatic heterocycles. The Bertz CT molecular complexity index is 1420. The predicted octanol–water partition coefficient (Wildman–Crippen LogP) is 6.71. The summed E-state index contributed by atoms with van der Waals surface area (Å²) in [5.41, 5.74) is 4.07. The van der Waals surface area contributed by atoms with Crippen LogP contribution < -0.4 is 0 Å². The quantitative estimate of drug-likeness (QED) is 0.305. The molecule has 3 aromatic heterocycles. The number of benzene rings is 2. The minimum Gasteiger partial charge on any atom is -0.454 e. The third-order valence-corrected chi connectivity index (χ3v) is 7.09. The van der Waals surface area contributed by atoms with Crippen LogP contribution in [0.2, 0.25) is 0 Å². The van der Waals surface area contributed by atoms with Crippen molar-refractivity contribution in [1.82, 2.24) is 4.98 Å². The number of thiophene rings is 1. The van der Waals surface area contributed by atoms with E-state index in [1.165, 1.54) is 15.0 Å². The highest BCUT2D eigenvalue weighted by molar-refractivity contribution is 7.19. The zero-order chi connectivity index (χ0) is 21.3. The highest BCUT2D eigenvalue weighted by Crippen LogP contribution is 2.42. The van der Waals surface area contributed by atoms with Crippen LogP contribution in [0.1, 0.15) is 31.2 Å². The van der Waals surface area contributed by atoms with Crippen LogP contribution in [0.25, 0.3) is 43.3 Å². The Labute approximate surface area is 183 Å². The van der Waals surface area contributed by atoms with E-state index in [-0.39, 0.29) is 5.41 Å². The van der Waals surface area contributed by atoms with E-state index in [4.69, 9.17) is 20.1 Å². The minimum atomic E-state index is -0.979. The molecule has 4 radical (unpaired) electrons. The first-order chi connectivity index (χ1) is 14.2. The first-order valence-corrected chi connectivity index (χ1v) is 10.9. The molecule has 0 spiro atoms. The summed E-state index contributed by atoms with van der Waals surface area (Å²) in [5, 5.41) is 2.45. The van der Waals surface area contributed by atoms with E-state index in [1.807, 2.05) is 45.0 Å². The lowest BCUT2D eigenvalue weighted by Crippen LogP contribution is -2.41. The Hall–Kier alpha value is -2.52. The van der Waals surface area contributed by atoms with Crippen molar-refractivity contribution in [3.05, 3.63) is 65.2 Å². The molecule has 2 aromatic carbocycles. The largest absolute Gasteiger partial charge is 0.454 e.